The molecule has 1 aliphatic rings. The van der Waals surface area contributed by atoms with Gasteiger partial charge in [0.2, 0.25) is 0 Å². The Kier molecular flexibility index (Phi) is 5.37. The smallest absolute Gasteiger partial charge is 0.155 e. The van der Waals surface area contributed by atoms with E-state index in [9.17, 15) is 0 Å². The summed E-state index contributed by atoms with van der Waals surface area (Å²) in [6.07, 6.45) is -0.0548. The first-order chi connectivity index (χ1) is 11.2. The van der Waals surface area contributed by atoms with Gasteiger partial charge in [-0.05, 0) is 0 Å². The zero-order valence-corrected chi connectivity index (χ0v) is 14.6. The molecule has 3 rings (SSSR count). The van der Waals surface area contributed by atoms with Gasteiger partial charge in [0.15, 0.2) is 11.6 Å². The highest BCUT2D eigenvalue weighted by Gasteiger charge is 2.25. The maximum atomic E-state index is 5.86. The zero-order valence-electron chi connectivity index (χ0n) is 13.8. The van der Waals surface area contributed by atoms with Gasteiger partial charge in [-0.1, -0.05) is 13.8 Å². The molecule has 1 N–H and O–H groups in total. The summed E-state index contributed by atoms with van der Waals surface area (Å²) < 4.78 is 11.0. The van der Waals surface area contributed by atoms with Crippen LogP contribution in [0.4, 0.5) is 0 Å². The Morgan fingerprint density at radius 1 is 1.48 bits per heavy atom. The van der Waals surface area contributed by atoms with Crippen molar-refractivity contribution in [2.24, 2.45) is 0 Å². The number of aromatic amines is 1. The van der Waals surface area contributed by atoms with Crippen molar-refractivity contribution in [2.45, 2.75) is 39.0 Å². The standard InChI is InChI=1S/C15H23N5O2S/c1-10(2)14-17-15(19-18-14)12-7-20(4-5-22-12)6-11-9-23-13(16-11)8-21-3/h9-10,12H,4-8H2,1-3H3,(H,17,18,19). The van der Waals surface area contributed by atoms with Crippen LogP contribution < -0.4 is 0 Å². The quantitative estimate of drug-likeness (QED) is 0.870. The van der Waals surface area contributed by atoms with Crippen LogP contribution in [0.5, 0.6) is 0 Å². The van der Waals surface area contributed by atoms with Crippen LogP contribution >= 0.6 is 11.3 Å². The summed E-state index contributed by atoms with van der Waals surface area (Å²) >= 11 is 1.64. The lowest BCUT2D eigenvalue weighted by Gasteiger charge is -2.31. The van der Waals surface area contributed by atoms with Gasteiger partial charge < -0.3 is 9.47 Å². The summed E-state index contributed by atoms with van der Waals surface area (Å²) in [5, 5.41) is 10.4. The third kappa shape index (κ3) is 4.14. The molecule has 1 aliphatic heterocycles. The number of morpholine rings is 1. The molecule has 0 bridgehead atoms. The van der Waals surface area contributed by atoms with Crippen molar-refractivity contribution in [2.75, 3.05) is 26.8 Å². The minimum absolute atomic E-state index is 0.0548. The molecule has 2 aromatic rings. The number of hydrogen-bond donors (Lipinski definition) is 1. The number of rotatable bonds is 6. The number of thiazole rings is 1. The maximum absolute atomic E-state index is 5.86. The predicted octanol–water partition coefficient (Wildman–Crippen LogP) is 2.10. The van der Waals surface area contributed by atoms with E-state index in [1.54, 1.807) is 18.4 Å². The third-order valence-electron chi connectivity index (χ3n) is 3.74. The van der Waals surface area contributed by atoms with Gasteiger partial charge in [0.25, 0.3) is 0 Å². The van der Waals surface area contributed by atoms with Gasteiger partial charge >= 0.3 is 0 Å². The molecule has 0 radical (unpaired) electrons. The third-order valence-corrected chi connectivity index (χ3v) is 4.62. The summed E-state index contributed by atoms with van der Waals surface area (Å²) in [5.41, 5.74) is 1.09. The van der Waals surface area contributed by atoms with Crippen LogP contribution in [0.3, 0.4) is 0 Å². The summed E-state index contributed by atoms with van der Waals surface area (Å²) in [5.74, 6) is 1.97. The summed E-state index contributed by atoms with van der Waals surface area (Å²) in [6.45, 7) is 7.96. The molecule has 7 nitrogen and oxygen atoms in total. The van der Waals surface area contributed by atoms with E-state index in [0.29, 0.717) is 19.1 Å². The second-order valence-electron chi connectivity index (χ2n) is 5.99. The Morgan fingerprint density at radius 2 is 2.35 bits per heavy atom. The first kappa shape index (κ1) is 16.5. The van der Waals surface area contributed by atoms with Crippen LogP contribution in [0.15, 0.2) is 5.38 Å². The lowest BCUT2D eigenvalue weighted by Crippen LogP contribution is -2.38. The number of nitrogens with zero attached hydrogens (tertiary/aromatic N) is 4. The minimum atomic E-state index is -0.0548. The van der Waals surface area contributed by atoms with Crippen molar-refractivity contribution >= 4 is 11.3 Å². The first-order valence-corrected chi connectivity index (χ1v) is 8.72. The SMILES string of the molecule is COCc1nc(CN2CCOC(c3nc(C(C)C)n[nH]3)C2)cs1. The van der Waals surface area contributed by atoms with E-state index in [1.807, 2.05) is 0 Å². The maximum Gasteiger partial charge on any atom is 0.155 e. The molecule has 0 aromatic carbocycles. The predicted molar refractivity (Wildman–Crippen MR) is 87.3 cm³/mol. The molecule has 8 heteroatoms. The number of hydrogen-bond acceptors (Lipinski definition) is 7. The molecular weight excluding hydrogens is 314 g/mol. The molecule has 0 spiro atoms. The lowest BCUT2D eigenvalue weighted by atomic mass is 10.2. The van der Waals surface area contributed by atoms with Crippen molar-refractivity contribution in [1.82, 2.24) is 25.1 Å². The van der Waals surface area contributed by atoms with Crippen LogP contribution in [-0.4, -0.2) is 51.9 Å². The molecular formula is C15H23N5O2S. The topological polar surface area (TPSA) is 76.2 Å². The van der Waals surface area contributed by atoms with Gasteiger partial charge in [0.1, 0.15) is 11.1 Å². The summed E-state index contributed by atoms with van der Waals surface area (Å²) in [7, 11) is 1.69. The van der Waals surface area contributed by atoms with E-state index < -0.39 is 0 Å². The average Bonchev–Trinajstić information content (AvgIpc) is 3.17. The molecule has 1 fully saturated rings. The molecule has 1 saturated heterocycles. The molecule has 1 unspecified atom stereocenters. The van der Waals surface area contributed by atoms with Gasteiger partial charge in [0, 0.05) is 38.0 Å². The van der Waals surface area contributed by atoms with E-state index in [0.717, 1.165) is 42.0 Å². The van der Waals surface area contributed by atoms with Crippen molar-refractivity contribution in [3.8, 4) is 0 Å². The zero-order chi connectivity index (χ0) is 16.2. The van der Waals surface area contributed by atoms with E-state index >= 15 is 0 Å². The number of ether oxygens (including phenoxy) is 2. The minimum Gasteiger partial charge on any atom is -0.378 e. The molecule has 23 heavy (non-hydrogen) atoms. The lowest BCUT2D eigenvalue weighted by molar-refractivity contribution is -0.0374. The first-order valence-electron chi connectivity index (χ1n) is 7.84. The molecule has 2 aromatic heterocycles. The van der Waals surface area contributed by atoms with Crippen LogP contribution in [0.25, 0.3) is 0 Å². The van der Waals surface area contributed by atoms with Gasteiger partial charge in [-0.15, -0.1) is 11.3 Å². The second kappa shape index (κ2) is 7.48. The highest BCUT2D eigenvalue weighted by Crippen LogP contribution is 2.22. The van der Waals surface area contributed by atoms with Crippen LogP contribution in [0, 0.1) is 0 Å². The summed E-state index contributed by atoms with van der Waals surface area (Å²) in [6, 6.07) is 0. The Bertz CT molecular complexity index is 627. The van der Waals surface area contributed by atoms with Crippen molar-refractivity contribution < 1.29 is 9.47 Å². The van der Waals surface area contributed by atoms with Crippen LogP contribution in [0.1, 0.15) is 48.2 Å². The average molecular weight is 337 g/mol. The number of methoxy groups -OCH3 is 1. The Labute approximate surface area is 140 Å². The fourth-order valence-electron chi connectivity index (χ4n) is 2.54. The number of nitrogens with one attached hydrogen (secondary N) is 1. The Morgan fingerprint density at radius 3 is 3.09 bits per heavy atom. The van der Waals surface area contributed by atoms with E-state index in [1.165, 1.54) is 0 Å². The molecule has 0 saturated carbocycles. The van der Waals surface area contributed by atoms with Gasteiger partial charge in [0.05, 0.1) is 18.9 Å². The van der Waals surface area contributed by atoms with Crippen LogP contribution in [0.2, 0.25) is 0 Å². The molecule has 3 heterocycles. The summed E-state index contributed by atoms with van der Waals surface area (Å²) in [4.78, 5) is 11.5. The molecule has 1 atom stereocenters. The normalized spacial score (nSPS) is 19.6. The fraction of sp³-hybridized carbons (Fsp3) is 0.667. The van der Waals surface area contributed by atoms with Gasteiger partial charge in [-0.25, -0.2) is 9.97 Å². The Balaban J connectivity index is 1.60. The van der Waals surface area contributed by atoms with Crippen LogP contribution in [-0.2, 0) is 22.6 Å². The highest BCUT2D eigenvalue weighted by atomic mass is 32.1. The van der Waals surface area contributed by atoms with Gasteiger partial charge in [-0.2, -0.15) is 5.10 Å². The van der Waals surface area contributed by atoms with Crippen molar-refractivity contribution in [3.63, 3.8) is 0 Å². The molecule has 0 aliphatic carbocycles. The Hall–Kier alpha value is -1.35. The van der Waals surface area contributed by atoms with Crippen molar-refractivity contribution in [1.29, 1.82) is 0 Å². The monoisotopic (exact) mass is 337 g/mol. The van der Waals surface area contributed by atoms with E-state index in [-0.39, 0.29) is 6.10 Å². The van der Waals surface area contributed by atoms with Crippen molar-refractivity contribution in [3.05, 3.63) is 27.7 Å². The van der Waals surface area contributed by atoms with Gasteiger partial charge in [-0.3, -0.25) is 10.00 Å². The number of H-pyrrole nitrogens is 1. The highest BCUT2D eigenvalue weighted by molar-refractivity contribution is 7.09. The fourth-order valence-corrected chi connectivity index (χ4v) is 3.30. The second-order valence-corrected chi connectivity index (χ2v) is 6.94. The van der Waals surface area contributed by atoms with E-state index in [2.05, 4.69) is 44.3 Å². The molecule has 0 amide bonds. The van der Waals surface area contributed by atoms with E-state index in [4.69, 9.17) is 9.47 Å². The number of aromatic nitrogens is 4. The molecule has 126 valence electrons. The largest absolute Gasteiger partial charge is 0.378 e.